The molecule has 2 nitrogen and oxygen atoms in total. The standard InChI is InChI=1S/C11H11BrFNO/c12-8-3-1-2-7(11(8)13)6-9-10(15)4-5-14-9/h1-3,9,14H,4-6H2. The number of rotatable bonds is 2. The predicted octanol–water partition coefficient (Wildman–Crippen LogP) is 2.06. The van der Waals surface area contributed by atoms with Crippen molar-refractivity contribution in [3.8, 4) is 0 Å². The van der Waals surface area contributed by atoms with Gasteiger partial charge in [0.1, 0.15) is 5.82 Å². The van der Waals surface area contributed by atoms with Gasteiger partial charge < -0.3 is 5.32 Å². The van der Waals surface area contributed by atoms with Crippen LogP contribution in [-0.4, -0.2) is 18.4 Å². The molecule has 1 atom stereocenters. The van der Waals surface area contributed by atoms with E-state index in [1.54, 1.807) is 18.2 Å². The number of Topliss-reactive ketones (excluding diaryl/α,β-unsaturated/α-hetero) is 1. The van der Waals surface area contributed by atoms with Crippen molar-refractivity contribution in [1.29, 1.82) is 0 Å². The summed E-state index contributed by atoms with van der Waals surface area (Å²) in [5.74, 6) is -0.0895. The van der Waals surface area contributed by atoms with Gasteiger partial charge in [-0.15, -0.1) is 0 Å². The van der Waals surface area contributed by atoms with Crippen LogP contribution in [-0.2, 0) is 11.2 Å². The summed E-state index contributed by atoms with van der Waals surface area (Å²) in [5, 5.41) is 3.07. The molecule has 1 aliphatic heterocycles. The monoisotopic (exact) mass is 271 g/mol. The van der Waals surface area contributed by atoms with E-state index in [0.717, 1.165) is 0 Å². The first-order valence-electron chi connectivity index (χ1n) is 4.87. The number of halogens is 2. The molecule has 0 amide bonds. The van der Waals surface area contributed by atoms with Gasteiger partial charge >= 0.3 is 0 Å². The summed E-state index contributed by atoms with van der Waals surface area (Å²) in [6.45, 7) is 0.707. The highest BCUT2D eigenvalue weighted by molar-refractivity contribution is 9.10. The lowest BCUT2D eigenvalue weighted by Crippen LogP contribution is -2.29. The van der Waals surface area contributed by atoms with E-state index in [4.69, 9.17) is 0 Å². The molecule has 1 aromatic rings. The summed E-state index contributed by atoms with van der Waals surface area (Å²) in [6, 6.07) is 4.94. The molecule has 1 aliphatic rings. The van der Waals surface area contributed by atoms with E-state index < -0.39 is 0 Å². The van der Waals surface area contributed by atoms with Crippen molar-refractivity contribution in [2.24, 2.45) is 0 Å². The second-order valence-electron chi connectivity index (χ2n) is 3.64. The van der Waals surface area contributed by atoms with Crippen molar-refractivity contribution in [2.45, 2.75) is 18.9 Å². The van der Waals surface area contributed by atoms with Crippen molar-refractivity contribution >= 4 is 21.7 Å². The topological polar surface area (TPSA) is 29.1 Å². The number of hydrogen-bond donors (Lipinski definition) is 1. The highest BCUT2D eigenvalue weighted by atomic mass is 79.9. The van der Waals surface area contributed by atoms with Crippen LogP contribution in [0.1, 0.15) is 12.0 Å². The third kappa shape index (κ3) is 2.26. The van der Waals surface area contributed by atoms with E-state index in [-0.39, 0.29) is 17.6 Å². The average molecular weight is 272 g/mol. The molecule has 1 saturated heterocycles. The summed E-state index contributed by atoms with van der Waals surface area (Å²) in [6.07, 6.45) is 0.990. The van der Waals surface area contributed by atoms with Gasteiger partial charge in [-0.25, -0.2) is 4.39 Å². The highest BCUT2D eigenvalue weighted by Crippen LogP contribution is 2.20. The first-order valence-corrected chi connectivity index (χ1v) is 5.67. The number of carbonyl (C=O) groups excluding carboxylic acids is 1. The van der Waals surface area contributed by atoms with Gasteiger partial charge in [-0.2, -0.15) is 0 Å². The maximum Gasteiger partial charge on any atom is 0.151 e. The number of carbonyl (C=O) groups is 1. The summed E-state index contributed by atoms with van der Waals surface area (Å²) >= 11 is 3.13. The molecule has 0 aromatic heterocycles. The van der Waals surface area contributed by atoms with E-state index in [0.29, 0.717) is 29.4 Å². The zero-order valence-corrected chi connectivity index (χ0v) is 9.68. The van der Waals surface area contributed by atoms with Crippen molar-refractivity contribution in [1.82, 2.24) is 5.32 Å². The molecule has 0 aliphatic carbocycles. The summed E-state index contributed by atoms with van der Waals surface area (Å²) in [5.41, 5.74) is 0.581. The van der Waals surface area contributed by atoms with Crippen molar-refractivity contribution in [3.05, 3.63) is 34.1 Å². The van der Waals surface area contributed by atoms with E-state index in [1.165, 1.54) is 0 Å². The van der Waals surface area contributed by atoms with Gasteiger partial charge in [0.25, 0.3) is 0 Å². The van der Waals surface area contributed by atoms with Crippen LogP contribution in [0.4, 0.5) is 4.39 Å². The lowest BCUT2D eigenvalue weighted by molar-refractivity contribution is -0.118. The summed E-state index contributed by atoms with van der Waals surface area (Å²) in [4.78, 5) is 11.4. The first-order chi connectivity index (χ1) is 7.18. The van der Waals surface area contributed by atoms with Crippen LogP contribution in [0.2, 0.25) is 0 Å². The number of nitrogens with one attached hydrogen (secondary N) is 1. The molecule has 0 spiro atoms. The molecule has 1 aromatic carbocycles. The Morgan fingerprint density at radius 2 is 2.33 bits per heavy atom. The van der Waals surface area contributed by atoms with Crippen LogP contribution >= 0.6 is 15.9 Å². The second kappa shape index (κ2) is 4.41. The van der Waals surface area contributed by atoms with Crippen LogP contribution in [0.25, 0.3) is 0 Å². The minimum atomic E-state index is -0.265. The minimum absolute atomic E-state index is 0.175. The van der Waals surface area contributed by atoms with Crippen LogP contribution in [0.5, 0.6) is 0 Å². The molecule has 1 heterocycles. The molecule has 0 saturated carbocycles. The van der Waals surface area contributed by atoms with E-state index in [9.17, 15) is 9.18 Å². The number of ketones is 1. The molecule has 15 heavy (non-hydrogen) atoms. The van der Waals surface area contributed by atoms with E-state index in [2.05, 4.69) is 21.2 Å². The van der Waals surface area contributed by atoms with Crippen molar-refractivity contribution in [2.75, 3.05) is 6.54 Å². The largest absolute Gasteiger partial charge is 0.307 e. The third-order valence-electron chi connectivity index (χ3n) is 2.61. The molecule has 1 unspecified atom stereocenters. The Kier molecular flexibility index (Phi) is 3.17. The van der Waals surface area contributed by atoms with Gasteiger partial charge in [-0.3, -0.25) is 4.79 Å². The molecule has 2 rings (SSSR count). The summed E-state index contributed by atoms with van der Waals surface area (Å²) in [7, 11) is 0. The highest BCUT2D eigenvalue weighted by Gasteiger charge is 2.24. The Hall–Kier alpha value is -0.740. The fourth-order valence-corrected chi connectivity index (χ4v) is 2.18. The molecular weight excluding hydrogens is 261 g/mol. The minimum Gasteiger partial charge on any atom is -0.307 e. The van der Waals surface area contributed by atoms with Gasteiger partial charge in [0, 0.05) is 13.0 Å². The molecule has 0 radical (unpaired) electrons. The normalized spacial score (nSPS) is 20.9. The van der Waals surface area contributed by atoms with E-state index >= 15 is 0 Å². The molecule has 0 bridgehead atoms. The molecule has 1 N–H and O–H groups in total. The quantitative estimate of drug-likeness (QED) is 0.892. The lowest BCUT2D eigenvalue weighted by Gasteiger charge is -2.10. The van der Waals surface area contributed by atoms with E-state index in [1.807, 2.05) is 0 Å². The van der Waals surface area contributed by atoms with Gasteiger partial charge in [0.2, 0.25) is 0 Å². The maximum absolute atomic E-state index is 13.6. The molecular formula is C11H11BrFNO. The Bertz CT molecular complexity index is 394. The fourth-order valence-electron chi connectivity index (χ4n) is 1.77. The Labute approximate surface area is 96.0 Å². The second-order valence-corrected chi connectivity index (χ2v) is 4.49. The maximum atomic E-state index is 13.6. The van der Waals surface area contributed by atoms with Gasteiger partial charge in [-0.1, -0.05) is 12.1 Å². The first kappa shape index (κ1) is 10.8. The van der Waals surface area contributed by atoms with Crippen LogP contribution in [0.15, 0.2) is 22.7 Å². The SMILES string of the molecule is O=C1CCNC1Cc1cccc(Br)c1F. The lowest BCUT2D eigenvalue weighted by atomic mass is 10.0. The Balaban J connectivity index is 2.17. The Morgan fingerprint density at radius 1 is 1.53 bits per heavy atom. The fraction of sp³-hybridized carbons (Fsp3) is 0.364. The van der Waals surface area contributed by atoms with Crippen LogP contribution in [0, 0.1) is 5.82 Å². The predicted molar refractivity (Wildman–Crippen MR) is 59.2 cm³/mol. The van der Waals surface area contributed by atoms with Gasteiger partial charge in [0.15, 0.2) is 5.78 Å². The molecule has 4 heteroatoms. The molecule has 1 fully saturated rings. The van der Waals surface area contributed by atoms with Crippen molar-refractivity contribution < 1.29 is 9.18 Å². The van der Waals surface area contributed by atoms with Gasteiger partial charge in [-0.05, 0) is 34.0 Å². The summed E-state index contributed by atoms with van der Waals surface area (Å²) < 4.78 is 14.0. The Morgan fingerprint density at radius 3 is 3.00 bits per heavy atom. The third-order valence-corrected chi connectivity index (χ3v) is 3.22. The van der Waals surface area contributed by atoms with Crippen LogP contribution < -0.4 is 5.32 Å². The molecule has 80 valence electrons. The average Bonchev–Trinajstić information content (AvgIpc) is 2.60. The van der Waals surface area contributed by atoms with Gasteiger partial charge in [0.05, 0.1) is 10.5 Å². The smallest absolute Gasteiger partial charge is 0.151 e. The number of hydrogen-bond acceptors (Lipinski definition) is 2. The number of benzene rings is 1. The van der Waals surface area contributed by atoms with Crippen LogP contribution in [0.3, 0.4) is 0 Å². The zero-order chi connectivity index (χ0) is 10.8. The van der Waals surface area contributed by atoms with Crippen molar-refractivity contribution in [3.63, 3.8) is 0 Å². The zero-order valence-electron chi connectivity index (χ0n) is 8.09.